The van der Waals surface area contributed by atoms with E-state index in [0.29, 0.717) is 25.0 Å². The number of nitrogens with one attached hydrogen (secondary N) is 2. The number of carbonyl (C=O) groups is 1. The molecule has 0 unspecified atom stereocenters. The van der Waals surface area contributed by atoms with Gasteiger partial charge in [0.2, 0.25) is 5.91 Å². The first-order chi connectivity index (χ1) is 13.9. The van der Waals surface area contributed by atoms with Crippen molar-refractivity contribution in [2.45, 2.75) is 32.7 Å². The van der Waals surface area contributed by atoms with Crippen LogP contribution in [0, 0.1) is 0 Å². The molecule has 1 aromatic carbocycles. The van der Waals surface area contributed by atoms with Crippen LogP contribution in [0.25, 0.3) is 0 Å². The zero-order valence-electron chi connectivity index (χ0n) is 17.9. The minimum atomic E-state index is -0.0439. The lowest BCUT2D eigenvalue weighted by atomic mass is 10.1. The predicted octanol–water partition coefficient (Wildman–Crippen LogP) is 2.64. The number of aromatic nitrogens is 1. The van der Waals surface area contributed by atoms with Crippen LogP contribution >= 0.6 is 11.3 Å². The van der Waals surface area contributed by atoms with E-state index < -0.39 is 0 Å². The van der Waals surface area contributed by atoms with Gasteiger partial charge in [0.15, 0.2) is 5.96 Å². The molecule has 1 heterocycles. The molecule has 0 spiro atoms. The number of methoxy groups -OCH3 is 1. The smallest absolute Gasteiger partial charge is 0.243 e. The molecule has 0 bridgehead atoms. The number of thiazole rings is 1. The molecule has 2 rings (SSSR count). The first-order valence-electron chi connectivity index (χ1n) is 9.68. The van der Waals surface area contributed by atoms with Crippen molar-refractivity contribution in [1.29, 1.82) is 0 Å². The number of ether oxygens (including phenoxy) is 1. The van der Waals surface area contributed by atoms with Gasteiger partial charge < -0.3 is 20.3 Å². The van der Waals surface area contributed by atoms with Crippen LogP contribution in [0.2, 0.25) is 0 Å². The van der Waals surface area contributed by atoms with E-state index in [1.165, 1.54) is 10.5 Å². The van der Waals surface area contributed by atoms with Crippen LogP contribution in [0.5, 0.6) is 5.75 Å². The SMILES string of the molecule is COc1ccc(CCNC(=NCC(=O)N(C)C)NCc2nc(C(C)C)cs2)cc1. The van der Waals surface area contributed by atoms with Crippen LogP contribution in [-0.2, 0) is 17.8 Å². The van der Waals surface area contributed by atoms with Gasteiger partial charge in [-0.05, 0) is 30.0 Å². The molecule has 0 saturated heterocycles. The van der Waals surface area contributed by atoms with E-state index in [4.69, 9.17) is 4.74 Å². The van der Waals surface area contributed by atoms with Gasteiger partial charge in [0.1, 0.15) is 17.3 Å². The third-order valence-electron chi connectivity index (χ3n) is 4.30. The van der Waals surface area contributed by atoms with Crippen molar-refractivity contribution in [2.24, 2.45) is 4.99 Å². The zero-order valence-corrected chi connectivity index (χ0v) is 18.7. The number of amides is 1. The minimum absolute atomic E-state index is 0.0439. The number of carbonyl (C=O) groups excluding carboxylic acids is 1. The summed E-state index contributed by atoms with van der Waals surface area (Å²) in [5.74, 6) is 1.82. The van der Waals surface area contributed by atoms with Gasteiger partial charge in [-0.3, -0.25) is 4.79 Å². The predicted molar refractivity (Wildman–Crippen MR) is 119 cm³/mol. The van der Waals surface area contributed by atoms with E-state index in [9.17, 15) is 4.79 Å². The molecule has 7 nitrogen and oxygen atoms in total. The third kappa shape index (κ3) is 7.73. The molecule has 0 saturated carbocycles. The average Bonchev–Trinajstić information content (AvgIpc) is 3.19. The van der Waals surface area contributed by atoms with Crippen LogP contribution in [0.1, 0.15) is 36.0 Å². The maximum absolute atomic E-state index is 11.9. The molecule has 29 heavy (non-hydrogen) atoms. The second kappa shape index (κ2) is 11.4. The summed E-state index contributed by atoms with van der Waals surface area (Å²) in [6.07, 6.45) is 0.834. The summed E-state index contributed by atoms with van der Waals surface area (Å²) in [4.78, 5) is 22.5. The Labute approximate surface area is 177 Å². The van der Waals surface area contributed by atoms with Crippen LogP contribution in [0.3, 0.4) is 0 Å². The Bertz CT molecular complexity index is 800. The van der Waals surface area contributed by atoms with Crippen LogP contribution in [0.15, 0.2) is 34.6 Å². The lowest BCUT2D eigenvalue weighted by molar-refractivity contribution is -0.127. The molecular formula is C21H31N5O2S. The molecular weight excluding hydrogens is 386 g/mol. The number of hydrogen-bond donors (Lipinski definition) is 2. The van der Waals surface area contributed by atoms with E-state index in [0.717, 1.165) is 22.9 Å². The molecule has 0 radical (unpaired) electrons. The maximum Gasteiger partial charge on any atom is 0.243 e. The van der Waals surface area contributed by atoms with Crippen molar-refractivity contribution < 1.29 is 9.53 Å². The Balaban J connectivity index is 1.93. The number of nitrogens with zero attached hydrogens (tertiary/aromatic N) is 3. The molecule has 158 valence electrons. The summed E-state index contributed by atoms with van der Waals surface area (Å²) >= 11 is 1.63. The first-order valence-corrected chi connectivity index (χ1v) is 10.6. The number of rotatable bonds is 9. The highest BCUT2D eigenvalue weighted by molar-refractivity contribution is 7.09. The van der Waals surface area contributed by atoms with Crippen molar-refractivity contribution in [1.82, 2.24) is 20.5 Å². The van der Waals surface area contributed by atoms with E-state index in [1.54, 1.807) is 32.5 Å². The highest BCUT2D eigenvalue weighted by Crippen LogP contribution is 2.17. The zero-order chi connectivity index (χ0) is 21.2. The summed E-state index contributed by atoms with van der Waals surface area (Å²) in [7, 11) is 5.11. The molecule has 1 amide bonds. The summed E-state index contributed by atoms with van der Waals surface area (Å²) in [5, 5.41) is 9.67. The fraction of sp³-hybridized carbons (Fsp3) is 0.476. The van der Waals surface area contributed by atoms with Crippen molar-refractivity contribution in [3.63, 3.8) is 0 Å². The molecule has 0 aliphatic carbocycles. The molecule has 0 atom stereocenters. The van der Waals surface area contributed by atoms with Gasteiger partial charge in [-0.15, -0.1) is 11.3 Å². The van der Waals surface area contributed by atoms with Crippen molar-refractivity contribution in [3.05, 3.63) is 45.9 Å². The van der Waals surface area contributed by atoms with Gasteiger partial charge in [-0.2, -0.15) is 0 Å². The lowest BCUT2D eigenvalue weighted by Gasteiger charge is -2.13. The molecule has 0 fully saturated rings. The molecule has 0 aliphatic rings. The Hall–Kier alpha value is -2.61. The van der Waals surface area contributed by atoms with Gasteiger partial charge in [-0.1, -0.05) is 26.0 Å². The van der Waals surface area contributed by atoms with Crippen molar-refractivity contribution in [2.75, 3.05) is 34.3 Å². The third-order valence-corrected chi connectivity index (χ3v) is 5.17. The van der Waals surface area contributed by atoms with Gasteiger partial charge in [-0.25, -0.2) is 9.98 Å². The fourth-order valence-electron chi connectivity index (χ4n) is 2.41. The van der Waals surface area contributed by atoms with Crippen LogP contribution < -0.4 is 15.4 Å². The Morgan fingerprint density at radius 1 is 1.24 bits per heavy atom. The van der Waals surface area contributed by atoms with Gasteiger partial charge in [0.25, 0.3) is 0 Å². The maximum atomic E-state index is 11.9. The highest BCUT2D eigenvalue weighted by atomic mass is 32.1. The summed E-state index contributed by atoms with van der Waals surface area (Å²) < 4.78 is 5.19. The number of aliphatic imine (C=N–C) groups is 1. The molecule has 1 aromatic heterocycles. The number of benzene rings is 1. The summed E-state index contributed by atoms with van der Waals surface area (Å²) in [6.45, 7) is 5.63. The summed E-state index contributed by atoms with van der Waals surface area (Å²) in [5.41, 5.74) is 2.30. The molecule has 8 heteroatoms. The highest BCUT2D eigenvalue weighted by Gasteiger charge is 2.08. The number of hydrogen-bond acceptors (Lipinski definition) is 5. The Morgan fingerprint density at radius 2 is 1.97 bits per heavy atom. The normalized spacial score (nSPS) is 11.4. The van der Waals surface area contributed by atoms with Crippen LogP contribution in [0.4, 0.5) is 0 Å². The van der Waals surface area contributed by atoms with E-state index in [2.05, 4.69) is 39.8 Å². The van der Waals surface area contributed by atoms with E-state index in [1.807, 2.05) is 24.3 Å². The minimum Gasteiger partial charge on any atom is -0.497 e. The number of likely N-dealkylation sites (N-methyl/N-ethyl adjacent to an activating group) is 1. The van der Waals surface area contributed by atoms with Crippen molar-refractivity contribution in [3.8, 4) is 5.75 Å². The van der Waals surface area contributed by atoms with Gasteiger partial charge in [0.05, 0.1) is 19.3 Å². The second-order valence-corrected chi connectivity index (χ2v) is 8.09. The standard InChI is InChI=1S/C21H31N5O2S/c1-15(2)18-14-29-19(25-18)12-23-21(24-13-20(27)26(3)4)22-11-10-16-6-8-17(28-5)9-7-16/h6-9,14-15H,10-13H2,1-5H3,(H2,22,23,24). The van der Waals surface area contributed by atoms with E-state index in [-0.39, 0.29) is 12.5 Å². The quantitative estimate of drug-likeness (QED) is 0.484. The van der Waals surface area contributed by atoms with Crippen LogP contribution in [-0.4, -0.2) is 56.0 Å². The largest absolute Gasteiger partial charge is 0.497 e. The van der Waals surface area contributed by atoms with Crippen molar-refractivity contribution >= 4 is 23.2 Å². The molecule has 2 aromatic rings. The average molecular weight is 418 g/mol. The number of guanidine groups is 1. The Kier molecular flexibility index (Phi) is 8.92. The second-order valence-electron chi connectivity index (χ2n) is 7.15. The topological polar surface area (TPSA) is 78.8 Å². The molecule has 2 N–H and O–H groups in total. The summed E-state index contributed by atoms with van der Waals surface area (Å²) in [6, 6.07) is 7.99. The molecule has 0 aliphatic heterocycles. The van der Waals surface area contributed by atoms with Gasteiger partial charge in [0, 0.05) is 26.0 Å². The van der Waals surface area contributed by atoms with Gasteiger partial charge >= 0.3 is 0 Å². The van der Waals surface area contributed by atoms with E-state index >= 15 is 0 Å². The lowest BCUT2D eigenvalue weighted by Crippen LogP contribution is -2.39. The Morgan fingerprint density at radius 3 is 2.55 bits per heavy atom. The fourth-order valence-corrected chi connectivity index (χ4v) is 3.31. The monoisotopic (exact) mass is 417 g/mol. The first kappa shape index (κ1) is 22.7.